The molecule has 3 aromatic rings. The Balaban J connectivity index is 2.13. The van der Waals surface area contributed by atoms with Crippen molar-refractivity contribution in [1.29, 1.82) is 5.41 Å². The smallest absolute Gasteiger partial charge is 0.123 e. The molecule has 0 amide bonds. The Bertz CT molecular complexity index is 778. The van der Waals surface area contributed by atoms with Gasteiger partial charge in [0, 0.05) is 16.7 Å². The van der Waals surface area contributed by atoms with Crippen LogP contribution in [0.2, 0.25) is 0 Å². The van der Waals surface area contributed by atoms with E-state index in [2.05, 4.69) is 0 Å². The molecule has 0 atom stereocenters. The summed E-state index contributed by atoms with van der Waals surface area (Å²) in [5.41, 5.74) is 3.73. The fraction of sp³-hybridized carbons (Fsp3) is 0. The zero-order valence-electron chi connectivity index (χ0n) is 11.5. The molecule has 2 heteroatoms. The van der Waals surface area contributed by atoms with Gasteiger partial charge >= 0.3 is 0 Å². The maximum Gasteiger partial charge on any atom is 0.123 e. The molecule has 0 unspecified atom stereocenters. The van der Waals surface area contributed by atoms with E-state index in [9.17, 15) is 5.11 Å². The number of benzene rings is 3. The van der Waals surface area contributed by atoms with Gasteiger partial charge in [-0.2, -0.15) is 0 Å². The third kappa shape index (κ3) is 2.56. The standard InChI is InChI=1S/C19H15NO/c20-19(14-8-2-1-3-9-14)17-12-5-4-10-15(17)16-11-6-7-13-18(16)21/h1-13,20-21H. The number of para-hydroxylation sites is 1. The second kappa shape index (κ2) is 5.63. The third-order valence-electron chi connectivity index (χ3n) is 3.45. The molecular formula is C19H15NO. The second-order valence-corrected chi connectivity index (χ2v) is 4.80. The molecule has 0 fully saturated rings. The van der Waals surface area contributed by atoms with Crippen molar-refractivity contribution in [2.75, 3.05) is 0 Å². The number of rotatable bonds is 3. The monoisotopic (exact) mass is 273 g/mol. The predicted molar refractivity (Wildman–Crippen MR) is 85.9 cm³/mol. The zero-order valence-corrected chi connectivity index (χ0v) is 11.5. The molecule has 0 aliphatic rings. The molecule has 0 saturated carbocycles. The molecule has 3 aromatic carbocycles. The summed E-state index contributed by atoms with van der Waals surface area (Å²) in [6.07, 6.45) is 0. The summed E-state index contributed by atoms with van der Waals surface area (Å²) >= 11 is 0. The molecule has 0 aliphatic heterocycles. The Morgan fingerprint density at radius 3 is 1.95 bits per heavy atom. The van der Waals surface area contributed by atoms with Gasteiger partial charge in [0.25, 0.3) is 0 Å². The second-order valence-electron chi connectivity index (χ2n) is 4.80. The highest BCUT2D eigenvalue weighted by molar-refractivity contribution is 6.14. The largest absolute Gasteiger partial charge is 0.507 e. The molecule has 2 nitrogen and oxygen atoms in total. The molecule has 0 radical (unpaired) electrons. The first-order valence-corrected chi connectivity index (χ1v) is 6.79. The lowest BCUT2D eigenvalue weighted by atomic mass is 9.93. The van der Waals surface area contributed by atoms with Gasteiger partial charge in [0.15, 0.2) is 0 Å². The normalized spacial score (nSPS) is 10.3. The van der Waals surface area contributed by atoms with Crippen LogP contribution in [0.1, 0.15) is 11.1 Å². The lowest BCUT2D eigenvalue weighted by Gasteiger charge is -2.12. The Labute approximate surface area is 123 Å². The van der Waals surface area contributed by atoms with Crippen molar-refractivity contribution in [3.8, 4) is 16.9 Å². The van der Waals surface area contributed by atoms with Gasteiger partial charge in [-0.05, 0) is 11.6 Å². The van der Waals surface area contributed by atoms with Crippen LogP contribution >= 0.6 is 0 Å². The van der Waals surface area contributed by atoms with E-state index in [0.29, 0.717) is 5.71 Å². The summed E-state index contributed by atoms with van der Waals surface area (Å²) in [5.74, 6) is 0.228. The molecule has 0 spiro atoms. The predicted octanol–water partition coefficient (Wildman–Crippen LogP) is 4.48. The van der Waals surface area contributed by atoms with Crippen molar-refractivity contribution >= 4 is 5.71 Å². The van der Waals surface area contributed by atoms with Gasteiger partial charge in [-0.1, -0.05) is 72.8 Å². The highest BCUT2D eigenvalue weighted by atomic mass is 16.3. The van der Waals surface area contributed by atoms with Crippen molar-refractivity contribution in [2.24, 2.45) is 0 Å². The average molecular weight is 273 g/mol. The van der Waals surface area contributed by atoms with Gasteiger partial charge in [-0.15, -0.1) is 0 Å². The van der Waals surface area contributed by atoms with Gasteiger partial charge < -0.3 is 5.11 Å². The van der Waals surface area contributed by atoms with Crippen molar-refractivity contribution in [1.82, 2.24) is 0 Å². The molecule has 21 heavy (non-hydrogen) atoms. The molecule has 102 valence electrons. The summed E-state index contributed by atoms with van der Waals surface area (Å²) in [6.45, 7) is 0. The van der Waals surface area contributed by atoms with Crippen molar-refractivity contribution < 1.29 is 5.11 Å². The van der Waals surface area contributed by atoms with Crippen molar-refractivity contribution in [2.45, 2.75) is 0 Å². The summed E-state index contributed by atoms with van der Waals surface area (Å²) in [7, 11) is 0. The van der Waals surface area contributed by atoms with Gasteiger partial charge in [-0.25, -0.2) is 0 Å². The van der Waals surface area contributed by atoms with E-state index in [0.717, 1.165) is 22.3 Å². The first kappa shape index (κ1) is 13.1. The highest BCUT2D eigenvalue weighted by Crippen LogP contribution is 2.32. The Hall–Kier alpha value is -2.87. The number of hydrogen-bond acceptors (Lipinski definition) is 2. The lowest BCUT2D eigenvalue weighted by molar-refractivity contribution is 0.477. The molecular weight excluding hydrogens is 258 g/mol. The fourth-order valence-electron chi connectivity index (χ4n) is 2.40. The van der Waals surface area contributed by atoms with Crippen LogP contribution in [0.3, 0.4) is 0 Å². The van der Waals surface area contributed by atoms with E-state index in [1.807, 2.05) is 66.7 Å². The molecule has 3 rings (SSSR count). The molecule has 0 aliphatic carbocycles. The SMILES string of the molecule is N=C(c1ccccc1)c1ccccc1-c1ccccc1O. The lowest BCUT2D eigenvalue weighted by Crippen LogP contribution is -2.03. The van der Waals surface area contributed by atoms with Crippen LogP contribution in [0.4, 0.5) is 0 Å². The molecule has 0 saturated heterocycles. The Morgan fingerprint density at radius 2 is 1.24 bits per heavy atom. The van der Waals surface area contributed by atoms with Crippen LogP contribution in [0.5, 0.6) is 5.75 Å². The van der Waals surface area contributed by atoms with E-state index in [4.69, 9.17) is 5.41 Å². The summed E-state index contributed by atoms with van der Waals surface area (Å²) in [6, 6.07) is 24.5. The molecule has 0 aromatic heterocycles. The maximum atomic E-state index is 10.1. The first-order chi connectivity index (χ1) is 10.3. The zero-order chi connectivity index (χ0) is 14.7. The molecule has 2 N–H and O–H groups in total. The summed E-state index contributed by atoms with van der Waals surface area (Å²) in [5, 5.41) is 18.5. The summed E-state index contributed by atoms with van der Waals surface area (Å²) < 4.78 is 0. The van der Waals surface area contributed by atoms with Crippen LogP contribution in [0.25, 0.3) is 11.1 Å². The van der Waals surface area contributed by atoms with Crippen LogP contribution in [0, 0.1) is 5.41 Å². The van der Waals surface area contributed by atoms with Crippen LogP contribution in [-0.4, -0.2) is 10.8 Å². The van der Waals surface area contributed by atoms with Crippen LogP contribution in [-0.2, 0) is 0 Å². The van der Waals surface area contributed by atoms with Gasteiger partial charge in [0.2, 0.25) is 0 Å². The van der Waals surface area contributed by atoms with Gasteiger partial charge in [-0.3, -0.25) is 5.41 Å². The van der Waals surface area contributed by atoms with Gasteiger partial charge in [0.05, 0.1) is 5.71 Å². The first-order valence-electron chi connectivity index (χ1n) is 6.79. The number of aromatic hydroxyl groups is 1. The average Bonchev–Trinajstić information content (AvgIpc) is 2.55. The van der Waals surface area contributed by atoms with Gasteiger partial charge in [0.1, 0.15) is 5.75 Å². The number of nitrogens with one attached hydrogen (secondary N) is 1. The van der Waals surface area contributed by atoms with Crippen molar-refractivity contribution in [3.63, 3.8) is 0 Å². The van der Waals surface area contributed by atoms with E-state index in [1.165, 1.54) is 0 Å². The van der Waals surface area contributed by atoms with E-state index in [-0.39, 0.29) is 5.75 Å². The Kier molecular flexibility index (Phi) is 3.52. The fourth-order valence-corrected chi connectivity index (χ4v) is 2.40. The van der Waals surface area contributed by atoms with Crippen molar-refractivity contribution in [3.05, 3.63) is 90.0 Å². The van der Waals surface area contributed by atoms with E-state index in [1.54, 1.807) is 12.1 Å². The van der Waals surface area contributed by atoms with Crippen LogP contribution in [0.15, 0.2) is 78.9 Å². The third-order valence-corrected chi connectivity index (χ3v) is 3.45. The summed E-state index contributed by atoms with van der Waals surface area (Å²) in [4.78, 5) is 0. The van der Waals surface area contributed by atoms with Crippen LogP contribution < -0.4 is 0 Å². The quantitative estimate of drug-likeness (QED) is 0.679. The Morgan fingerprint density at radius 1 is 0.667 bits per heavy atom. The number of hydrogen-bond donors (Lipinski definition) is 2. The minimum absolute atomic E-state index is 0.228. The molecule has 0 bridgehead atoms. The van der Waals surface area contributed by atoms with E-state index < -0.39 is 0 Å². The van der Waals surface area contributed by atoms with E-state index >= 15 is 0 Å². The highest BCUT2D eigenvalue weighted by Gasteiger charge is 2.12. The maximum absolute atomic E-state index is 10.1. The minimum Gasteiger partial charge on any atom is -0.507 e. The molecule has 0 heterocycles. The minimum atomic E-state index is 0.228. The number of phenolic OH excluding ortho intramolecular Hbond substituents is 1. The number of phenols is 1. The topological polar surface area (TPSA) is 44.1 Å².